The summed E-state index contributed by atoms with van der Waals surface area (Å²) in [6.07, 6.45) is 2.26. The van der Waals surface area contributed by atoms with Gasteiger partial charge in [0.1, 0.15) is 12.1 Å². The summed E-state index contributed by atoms with van der Waals surface area (Å²) in [7, 11) is 0. The number of nitrogens with two attached hydrogens (primary N) is 1. The first-order chi connectivity index (χ1) is 9.06. The van der Waals surface area contributed by atoms with Crippen molar-refractivity contribution in [3.05, 3.63) is 35.9 Å². The highest BCUT2D eigenvalue weighted by molar-refractivity contribution is 7.98. The molecular formula is C13H18N2O3S. The number of rotatable bonds is 7. The van der Waals surface area contributed by atoms with Gasteiger partial charge in [0, 0.05) is 0 Å². The fraction of sp³-hybridized carbons (Fsp3) is 0.385. The predicted molar refractivity (Wildman–Crippen MR) is 75.9 cm³/mol. The minimum atomic E-state index is -1.04. The standard InChI is InChI=1S/C13H18N2O3S/c1-19-8-7-10(13(17)18)15-12(16)11(14)9-5-3-2-4-6-9/h2-6,10-11H,7-8,14H2,1H3,(H,15,16)(H,17,18)/t10-,11+/m1/s1. The molecule has 0 aliphatic carbocycles. The number of carbonyl (C=O) groups is 2. The zero-order chi connectivity index (χ0) is 14.3. The number of hydrogen-bond donors (Lipinski definition) is 3. The lowest BCUT2D eigenvalue weighted by atomic mass is 10.1. The average molecular weight is 282 g/mol. The number of benzene rings is 1. The van der Waals surface area contributed by atoms with Crippen LogP contribution in [0, 0.1) is 0 Å². The first-order valence-electron chi connectivity index (χ1n) is 5.89. The maximum Gasteiger partial charge on any atom is 0.326 e. The van der Waals surface area contributed by atoms with Gasteiger partial charge < -0.3 is 16.2 Å². The lowest BCUT2D eigenvalue weighted by Crippen LogP contribution is -2.45. The Hall–Kier alpha value is -1.53. The Kier molecular flexibility index (Phi) is 6.38. The van der Waals surface area contributed by atoms with E-state index in [2.05, 4.69) is 5.32 Å². The average Bonchev–Trinajstić information content (AvgIpc) is 2.43. The number of aliphatic carboxylic acids is 1. The Bertz CT molecular complexity index is 425. The van der Waals surface area contributed by atoms with E-state index in [-0.39, 0.29) is 0 Å². The van der Waals surface area contributed by atoms with Crippen LogP contribution in [-0.4, -0.2) is 35.0 Å². The minimum absolute atomic E-state index is 0.379. The van der Waals surface area contributed by atoms with E-state index in [0.29, 0.717) is 17.7 Å². The first-order valence-corrected chi connectivity index (χ1v) is 7.28. The van der Waals surface area contributed by atoms with Crippen LogP contribution < -0.4 is 11.1 Å². The molecule has 1 aromatic carbocycles. The van der Waals surface area contributed by atoms with E-state index in [1.807, 2.05) is 12.3 Å². The molecule has 1 aromatic rings. The third-order valence-corrected chi connectivity index (χ3v) is 3.31. The third-order valence-electron chi connectivity index (χ3n) is 2.67. The third kappa shape index (κ3) is 4.92. The summed E-state index contributed by atoms with van der Waals surface area (Å²) >= 11 is 1.53. The molecular weight excluding hydrogens is 264 g/mol. The highest BCUT2D eigenvalue weighted by Gasteiger charge is 2.23. The molecule has 0 fully saturated rings. The molecule has 0 heterocycles. The van der Waals surface area contributed by atoms with Gasteiger partial charge in [0.15, 0.2) is 0 Å². The molecule has 0 unspecified atom stereocenters. The van der Waals surface area contributed by atoms with Crippen LogP contribution in [0.4, 0.5) is 0 Å². The topological polar surface area (TPSA) is 92.4 Å². The summed E-state index contributed by atoms with van der Waals surface area (Å²) in [5.74, 6) is -0.847. The van der Waals surface area contributed by atoms with Crippen molar-refractivity contribution in [3.8, 4) is 0 Å². The van der Waals surface area contributed by atoms with Gasteiger partial charge in [0.05, 0.1) is 0 Å². The summed E-state index contributed by atoms with van der Waals surface area (Å²) in [6, 6.07) is 7.12. The van der Waals surface area contributed by atoms with Crippen LogP contribution in [0.2, 0.25) is 0 Å². The SMILES string of the molecule is CSCC[C@@H](NC(=O)[C@@H](N)c1ccccc1)C(=O)O. The number of nitrogens with one attached hydrogen (secondary N) is 1. The van der Waals surface area contributed by atoms with Crippen molar-refractivity contribution in [3.63, 3.8) is 0 Å². The van der Waals surface area contributed by atoms with Gasteiger partial charge in [-0.05, 0) is 24.0 Å². The minimum Gasteiger partial charge on any atom is -0.480 e. The van der Waals surface area contributed by atoms with Crippen molar-refractivity contribution in [2.24, 2.45) is 5.73 Å². The van der Waals surface area contributed by atoms with Gasteiger partial charge in [-0.2, -0.15) is 11.8 Å². The van der Waals surface area contributed by atoms with E-state index in [1.165, 1.54) is 11.8 Å². The number of hydrogen-bond acceptors (Lipinski definition) is 4. The van der Waals surface area contributed by atoms with Gasteiger partial charge in [-0.3, -0.25) is 4.79 Å². The summed E-state index contributed by atoms with van der Waals surface area (Å²) in [6.45, 7) is 0. The molecule has 0 aromatic heterocycles. The molecule has 104 valence electrons. The van der Waals surface area contributed by atoms with Gasteiger partial charge in [-0.15, -0.1) is 0 Å². The van der Waals surface area contributed by atoms with Gasteiger partial charge in [0.25, 0.3) is 0 Å². The van der Waals surface area contributed by atoms with E-state index >= 15 is 0 Å². The molecule has 0 spiro atoms. The highest BCUT2D eigenvalue weighted by Crippen LogP contribution is 2.10. The Morgan fingerprint density at radius 1 is 1.37 bits per heavy atom. The fourth-order valence-electron chi connectivity index (χ4n) is 1.57. The zero-order valence-electron chi connectivity index (χ0n) is 10.7. The van der Waals surface area contributed by atoms with Crippen molar-refractivity contribution < 1.29 is 14.7 Å². The van der Waals surface area contributed by atoms with E-state index in [1.54, 1.807) is 24.3 Å². The Balaban J connectivity index is 2.64. The Morgan fingerprint density at radius 2 is 2.00 bits per heavy atom. The molecule has 6 heteroatoms. The molecule has 5 nitrogen and oxygen atoms in total. The quantitative estimate of drug-likeness (QED) is 0.694. The highest BCUT2D eigenvalue weighted by atomic mass is 32.2. The van der Waals surface area contributed by atoms with E-state index < -0.39 is 24.0 Å². The van der Waals surface area contributed by atoms with Crippen LogP contribution in [0.5, 0.6) is 0 Å². The van der Waals surface area contributed by atoms with Crippen LogP contribution in [0.3, 0.4) is 0 Å². The second-order valence-corrected chi connectivity index (χ2v) is 5.05. The van der Waals surface area contributed by atoms with E-state index in [0.717, 1.165) is 0 Å². The van der Waals surface area contributed by atoms with E-state index in [4.69, 9.17) is 10.8 Å². The summed E-state index contributed by atoms with van der Waals surface area (Å²) < 4.78 is 0. The normalized spacial score (nSPS) is 13.6. The second-order valence-electron chi connectivity index (χ2n) is 4.07. The lowest BCUT2D eigenvalue weighted by molar-refractivity contribution is -0.142. The molecule has 0 saturated heterocycles. The summed E-state index contributed by atoms with van der Waals surface area (Å²) in [5.41, 5.74) is 6.47. The number of carboxylic acid groups (broad SMARTS) is 1. The van der Waals surface area contributed by atoms with Crippen LogP contribution in [0.25, 0.3) is 0 Å². The second kappa shape index (κ2) is 7.81. The molecule has 4 N–H and O–H groups in total. The number of amides is 1. The van der Waals surface area contributed by atoms with Crippen molar-refractivity contribution in [2.75, 3.05) is 12.0 Å². The van der Waals surface area contributed by atoms with E-state index in [9.17, 15) is 9.59 Å². The predicted octanol–water partition coefficient (Wildman–Crippen LogP) is 1.01. The smallest absolute Gasteiger partial charge is 0.326 e. The number of carbonyl (C=O) groups excluding carboxylic acids is 1. The van der Waals surface area contributed by atoms with Gasteiger partial charge in [-0.25, -0.2) is 4.79 Å². The fourth-order valence-corrected chi connectivity index (χ4v) is 2.04. The monoisotopic (exact) mass is 282 g/mol. The summed E-state index contributed by atoms with van der Waals surface area (Å²) in [5, 5.41) is 11.5. The van der Waals surface area contributed by atoms with Crippen LogP contribution in [-0.2, 0) is 9.59 Å². The van der Waals surface area contributed by atoms with Crippen LogP contribution in [0.15, 0.2) is 30.3 Å². The molecule has 2 atom stereocenters. The zero-order valence-corrected chi connectivity index (χ0v) is 11.5. The lowest BCUT2D eigenvalue weighted by Gasteiger charge is -2.17. The van der Waals surface area contributed by atoms with Crippen LogP contribution in [0.1, 0.15) is 18.0 Å². The summed E-state index contributed by atoms with van der Waals surface area (Å²) in [4.78, 5) is 23.0. The molecule has 0 bridgehead atoms. The van der Waals surface area contributed by atoms with Crippen molar-refractivity contribution in [2.45, 2.75) is 18.5 Å². The molecule has 0 aliphatic heterocycles. The van der Waals surface area contributed by atoms with Crippen LogP contribution >= 0.6 is 11.8 Å². The maximum absolute atomic E-state index is 11.9. The molecule has 0 radical (unpaired) electrons. The largest absolute Gasteiger partial charge is 0.480 e. The molecule has 0 aliphatic rings. The molecule has 0 saturated carbocycles. The van der Waals surface area contributed by atoms with Gasteiger partial charge >= 0.3 is 5.97 Å². The first kappa shape index (κ1) is 15.5. The maximum atomic E-state index is 11.9. The Labute approximate surface area is 116 Å². The van der Waals surface area contributed by atoms with Crippen molar-refractivity contribution in [1.82, 2.24) is 5.32 Å². The molecule has 1 amide bonds. The molecule has 19 heavy (non-hydrogen) atoms. The molecule has 1 rings (SSSR count). The van der Waals surface area contributed by atoms with Gasteiger partial charge in [-0.1, -0.05) is 30.3 Å². The number of carboxylic acids is 1. The van der Waals surface area contributed by atoms with Crippen molar-refractivity contribution >= 4 is 23.6 Å². The number of thioether (sulfide) groups is 1. The van der Waals surface area contributed by atoms with Gasteiger partial charge in [0.2, 0.25) is 5.91 Å². The Morgan fingerprint density at radius 3 is 2.53 bits per heavy atom. The van der Waals surface area contributed by atoms with Crippen molar-refractivity contribution in [1.29, 1.82) is 0 Å².